The largest absolute Gasteiger partial charge is 0.481 e. The number of carbonyl (C=O) groups excluding carboxylic acids is 3. The Morgan fingerprint density at radius 3 is 2.62 bits per heavy atom. The first-order valence-electron chi connectivity index (χ1n) is 14.5. The number of aromatic nitrogens is 1. The number of rotatable bonds is 11. The summed E-state index contributed by atoms with van der Waals surface area (Å²) in [6.45, 7) is 2.46. The maximum Gasteiger partial charge on any atom is 0.252 e. The van der Waals surface area contributed by atoms with Crippen LogP contribution in [0.1, 0.15) is 74.2 Å². The molecule has 3 unspecified atom stereocenters. The summed E-state index contributed by atoms with van der Waals surface area (Å²) in [5, 5.41) is 17.8. The number of aliphatic hydroxyl groups is 1. The van der Waals surface area contributed by atoms with Gasteiger partial charge in [-0.05, 0) is 55.6 Å². The number of anilines is 1. The zero-order valence-corrected chi connectivity index (χ0v) is 23.4. The number of aliphatic hydroxyl groups excluding tert-OH is 1. The molecule has 1 aromatic carbocycles. The van der Waals surface area contributed by atoms with E-state index in [0.717, 1.165) is 24.8 Å². The second-order valence-electron chi connectivity index (χ2n) is 11.6. The number of nitrogens with one attached hydrogen (secondary N) is 2. The van der Waals surface area contributed by atoms with Crippen molar-refractivity contribution in [2.75, 3.05) is 18.6 Å². The standard InChI is InChI=1S/C31H40N4O5/c1-3-8-25(36)31(19-20-9-5-4-6-10-20,30(39)32-24-16-21-12-13-22(24)15-21)34-29(38)23-17-26(33-27(18-23)40-2)35-14-7-11-28(35)37/h4-6,9-10,17-18,21-22,24-25,36H,3,7-8,11-16,19H2,1-2H3,(H,32,39)(H,34,38)/t21?,22?,24?,25-,31-/m0/s1. The molecule has 214 valence electrons. The van der Waals surface area contributed by atoms with Crippen LogP contribution in [0.15, 0.2) is 42.5 Å². The van der Waals surface area contributed by atoms with Gasteiger partial charge >= 0.3 is 0 Å². The van der Waals surface area contributed by atoms with Crippen LogP contribution in [0.25, 0.3) is 0 Å². The molecule has 5 atom stereocenters. The normalized spacial score (nSPS) is 24.0. The summed E-state index contributed by atoms with van der Waals surface area (Å²) in [4.78, 5) is 46.6. The average molecular weight is 549 g/mol. The van der Waals surface area contributed by atoms with Gasteiger partial charge in [0.15, 0.2) is 0 Å². The molecule has 9 heteroatoms. The lowest BCUT2D eigenvalue weighted by Gasteiger charge is -2.39. The SMILES string of the molecule is CCC[C@H](O)[C@](Cc1ccccc1)(NC(=O)c1cc(OC)nc(N2CCCC2=O)c1)C(=O)NC1CC2CCC1C2. The minimum absolute atomic E-state index is 0.0425. The molecule has 1 aromatic heterocycles. The van der Waals surface area contributed by atoms with Crippen molar-refractivity contribution in [3.63, 3.8) is 0 Å². The van der Waals surface area contributed by atoms with Gasteiger partial charge in [0, 0.05) is 37.1 Å². The molecular weight excluding hydrogens is 508 g/mol. The van der Waals surface area contributed by atoms with E-state index in [1.165, 1.54) is 19.6 Å². The zero-order chi connectivity index (χ0) is 28.3. The first-order chi connectivity index (χ1) is 19.3. The van der Waals surface area contributed by atoms with Crippen molar-refractivity contribution in [3.8, 4) is 5.88 Å². The third-order valence-electron chi connectivity index (χ3n) is 8.86. The zero-order valence-electron chi connectivity index (χ0n) is 23.4. The fourth-order valence-electron chi connectivity index (χ4n) is 6.72. The van der Waals surface area contributed by atoms with Crippen LogP contribution in [0.3, 0.4) is 0 Å². The molecule has 3 amide bonds. The van der Waals surface area contributed by atoms with E-state index in [1.807, 2.05) is 37.3 Å². The average Bonchev–Trinajstić information content (AvgIpc) is 3.70. The smallest absolute Gasteiger partial charge is 0.252 e. The number of hydrogen-bond acceptors (Lipinski definition) is 6. The number of ether oxygens (including phenoxy) is 1. The van der Waals surface area contributed by atoms with E-state index < -0.39 is 17.6 Å². The predicted octanol–water partition coefficient (Wildman–Crippen LogP) is 3.39. The Hall–Kier alpha value is -3.46. The lowest BCUT2D eigenvalue weighted by atomic mass is 9.81. The molecule has 2 saturated carbocycles. The first-order valence-corrected chi connectivity index (χ1v) is 14.5. The van der Waals surface area contributed by atoms with Gasteiger partial charge in [-0.15, -0.1) is 0 Å². The molecule has 3 fully saturated rings. The maximum absolute atomic E-state index is 14.3. The van der Waals surface area contributed by atoms with E-state index in [1.54, 1.807) is 11.0 Å². The van der Waals surface area contributed by atoms with E-state index in [2.05, 4.69) is 15.6 Å². The second-order valence-corrected chi connectivity index (χ2v) is 11.6. The Morgan fingerprint density at radius 2 is 2.00 bits per heavy atom. The van der Waals surface area contributed by atoms with E-state index >= 15 is 0 Å². The summed E-state index contributed by atoms with van der Waals surface area (Å²) in [5.74, 6) is 0.631. The number of amides is 3. The number of carbonyl (C=O) groups is 3. The quantitative estimate of drug-likeness (QED) is 0.396. The number of fused-ring (bicyclic) bond motifs is 2. The minimum atomic E-state index is -1.60. The molecule has 3 aliphatic rings. The summed E-state index contributed by atoms with van der Waals surface area (Å²) in [5.41, 5.74) is -0.566. The lowest BCUT2D eigenvalue weighted by Crippen LogP contribution is -2.67. The van der Waals surface area contributed by atoms with Gasteiger partial charge < -0.3 is 20.5 Å². The van der Waals surface area contributed by atoms with E-state index in [4.69, 9.17) is 4.74 Å². The Morgan fingerprint density at radius 1 is 1.20 bits per heavy atom. The molecule has 0 spiro atoms. The van der Waals surface area contributed by atoms with E-state index in [-0.39, 0.29) is 35.7 Å². The van der Waals surface area contributed by atoms with Crippen LogP contribution in [-0.4, -0.2) is 59.2 Å². The van der Waals surface area contributed by atoms with Gasteiger partial charge in [0.05, 0.1) is 13.2 Å². The fourth-order valence-corrected chi connectivity index (χ4v) is 6.72. The Kier molecular flexibility index (Phi) is 8.40. The number of hydrogen-bond donors (Lipinski definition) is 3. The highest BCUT2D eigenvalue weighted by Gasteiger charge is 2.49. The molecule has 40 heavy (non-hydrogen) atoms. The molecule has 2 bridgehead atoms. The molecule has 5 rings (SSSR count). The van der Waals surface area contributed by atoms with Crippen molar-refractivity contribution < 1.29 is 24.2 Å². The third-order valence-corrected chi connectivity index (χ3v) is 8.86. The van der Waals surface area contributed by atoms with Crippen LogP contribution >= 0.6 is 0 Å². The van der Waals surface area contributed by atoms with Gasteiger partial charge in [-0.3, -0.25) is 19.3 Å². The molecule has 9 nitrogen and oxygen atoms in total. The predicted molar refractivity (Wildman–Crippen MR) is 151 cm³/mol. The van der Waals surface area contributed by atoms with Crippen LogP contribution in [0.4, 0.5) is 5.82 Å². The van der Waals surface area contributed by atoms with Crippen LogP contribution in [-0.2, 0) is 16.0 Å². The highest BCUT2D eigenvalue weighted by molar-refractivity contribution is 6.01. The number of pyridine rings is 1. The molecule has 3 N–H and O–H groups in total. The summed E-state index contributed by atoms with van der Waals surface area (Å²) in [6.07, 6.45) is 5.48. The van der Waals surface area contributed by atoms with Crippen LogP contribution in [0.5, 0.6) is 5.88 Å². The molecule has 0 radical (unpaired) electrons. The topological polar surface area (TPSA) is 121 Å². The minimum Gasteiger partial charge on any atom is -0.481 e. The van der Waals surface area contributed by atoms with Crippen LogP contribution in [0.2, 0.25) is 0 Å². The molecule has 2 aromatic rings. The monoisotopic (exact) mass is 548 g/mol. The van der Waals surface area contributed by atoms with E-state index in [0.29, 0.717) is 49.9 Å². The third kappa shape index (κ3) is 5.70. The van der Waals surface area contributed by atoms with Crippen molar-refractivity contribution in [2.24, 2.45) is 11.8 Å². The lowest BCUT2D eigenvalue weighted by molar-refractivity contribution is -0.133. The van der Waals surface area contributed by atoms with Gasteiger partial charge in [0.25, 0.3) is 5.91 Å². The number of nitrogens with zero attached hydrogens (tertiary/aromatic N) is 2. The van der Waals surface area contributed by atoms with Crippen molar-refractivity contribution in [3.05, 3.63) is 53.6 Å². The second kappa shape index (κ2) is 12.0. The number of methoxy groups -OCH3 is 1. The summed E-state index contributed by atoms with van der Waals surface area (Å²) >= 11 is 0. The van der Waals surface area contributed by atoms with Gasteiger partial charge in [0.1, 0.15) is 11.4 Å². The summed E-state index contributed by atoms with van der Waals surface area (Å²) in [6, 6.07) is 12.5. The van der Waals surface area contributed by atoms with Gasteiger partial charge in [-0.2, -0.15) is 4.98 Å². The van der Waals surface area contributed by atoms with Crippen molar-refractivity contribution in [1.29, 1.82) is 0 Å². The van der Waals surface area contributed by atoms with Crippen LogP contribution in [0, 0.1) is 11.8 Å². The molecular formula is C31H40N4O5. The molecule has 1 aliphatic heterocycles. The Balaban J connectivity index is 1.50. The number of benzene rings is 1. The Labute approximate surface area is 235 Å². The Bertz CT molecular complexity index is 1240. The van der Waals surface area contributed by atoms with Gasteiger partial charge in [-0.1, -0.05) is 50.1 Å². The molecule has 2 heterocycles. The van der Waals surface area contributed by atoms with Crippen molar-refractivity contribution >= 4 is 23.5 Å². The van der Waals surface area contributed by atoms with Gasteiger partial charge in [-0.25, -0.2) is 0 Å². The van der Waals surface area contributed by atoms with Crippen LogP contribution < -0.4 is 20.3 Å². The highest BCUT2D eigenvalue weighted by atomic mass is 16.5. The summed E-state index contributed by atoms with van der Waals surface area (Å²) < 4.78 is 5.36. The highest BCUT2D eigenvalue weighted by Crippen LogP contribution is 2.44. The molecule has 2 aliphatic carbocycles. The summed E-state index contributed by atoms with van der Waals surface area (Å²) in [7, 11) is 1.45. The van der Waals surface area contributed by atoms with Crippen molar-refractivity contribution in [1.82, 2.24) is 15.6 Å². The molecule has 1 saturated heterocycles. The van der Waals surface area contributed by atoms with Gasteiger partial charge in [0.2, 0.25) is 17.7 Å². The maximum atomic E-state index is 14.3. The fraction of sp³-hybridized carbons (Fsp3) is 0.548. The first kappa shape index (κ1) is 28.1. The van der Waals surface area contributed by atoms with E-state index in [9.17, 15) is 19.5 Å². The van der Waals surface area contributed by atoms with Crippen molar-refractivity contribution in [2.45, 2.75) is 82.4 Å².